The Morgan fingerprint density at radius 3 is 2.56 bits per heavy atom. The summed E-state index contributed by atoms with van der Waals surface area (Å²) in [7, 11) is 3.38. The highest BCUT2D eigenvalue weighted by Gasteiger charge is 2.55. The van der Waals surface area contributed by atoms with Crippen molar-refractivity contribution in [1.82, 2.24) is 14.7 Å². The first-order valence-corrected chi connectivity index (χ1v) is 8.63. The van der Waals surface area contributed by atoms with E-state index in [0.29, 0.717) is 11.8 Å². The second-order valence-corrected chi connectivity index (χ2v) is 6.40. The monoisotopic (exact) mass is 350 g/mol. The topological polar surface area (TPSA) is 85.5 Å². The summed E-state index contributed by atoms with van der Waals surface area (Å²) in [5.41, 5.74) is 0. The molecule has 0 aliphatic carbocycles. The van der Waals surface area contributed by atoms with E-state index in [1.165, 1.54) is 11.3 Å². The average Bonchev–Trinajstić information content (AvgIpc) is 2.95. The van der Waals surface area contributed by atoms with Crippen LogP contribution in [0, 0.1) is 0 Å². The van der Waals surface area contributed by atoms with E-state index in [2.05, 4.69) is 9.57 Å². The number of imide groups is 1. The Hall–Kier alpha value is -2.45. The summed E-state index contributed by atoms with van der Waals surface area (Å²) in [5, 5.41) is 0. The lowest BCUT2D eigenvalue weighted by Gasteiger charge is -2.33. The molecule has 3 aliphatic heterocycles. The van der Waals surface area contributed by atoms with Crippen molar-refractivity contribution >= 4 is 29.7 Å². The molecule has 2 saturated heterocycles. The van der Waals surface area contributed by atoms with Gasteiger partial charge in [0, 0.05) is 7.05 Å². The van der Waals surface area contributed by atoms with Crippen LogP contribution in [0.5, 0.6) is 0 Å². The first-order chi connectivity index (χ1) is 12.0. The van der Waals surface area contributed by atoms with Crippen LogP contribution in [0.4, 0.5) is 4.79 Å². The number of carbonyl (C=O) groups is 3. The smallest absolute Gasteiger partial charge is 0.392 e. The predicted octanol–water partition coefficient (Wildman–Crippen LogP) is -0.292. The molecule has 25 heavy (non-hydrogen) atoms. The summed E-state index contributed by atoms with van der Waals surface area (Å²) < 4.78 is 7.02. The minimum absolute atomic E-state index is 0.202. The number of fused-ring (bicyclic) bond motifs is 1. The Balaban J connectivity index is 1.89. The van der Waals surface area contributed by atoms with E-state index in [4.69, 9.17) is 4.74 Å². The SMILES string of the molecule is CCOC(=O)CN1C(=O)C2C(=NC(=[N+]3CCCCC3)N2C)N(C)C1=O. The highest BCUT2D eigenvalue weighted by atomic mass is 16.5. The zero-order valence-corrected chi connectivity index (χ0v) is 14.9. The van der Waals surface area contributed by atoms with Crippen LogP contribution < -0.4 is 0 Å². The Bertz CT molecular complexity index is 663. The fourth-order valence-electron chi connectivity index (χ4n) is 3.46. The van der Waals surface area contributed by atoms with Gasteiger partial charge in [-0.3, -0.25) is 19.1 Å². The molecule has 0 radical (unpaired) electrons. The van der Waals surface area contributed by atoms with Gasteiger partial charge in [0.25, 0.3) is 5.91 Å². The van der Waals surface area contributed by atoms with Crippen LogP contribution in [0.25, 0.3) is 0 Å². The molecule has 1 unspecified atom stereocenters. The largest absolute Gasteiger partial charge is 0.465 e. The van der Waals surface area contributed by atoms with Crippen LogP contribution in [0.3, 0.4) is 0 Å². The Labute approximate surface area is 146 Å². The lowest BCUT2D eigenvalue weighted by Crippen LogP contribution is -2.64. The summed E-state index contributed by atoms with van der Waals surface area (Å²) in [5.74, 6) is 0.0900. The number of urea groups is 1. The molecule has 0 bridgehead atoms. The summed E-state index contributed by atoms with van der Waals surface area (Å²) in [6, 6.07) is -1.24. The summed E-state index contributed by atoms with van der Waals surface area (Å²) in [6.07, 6.45) is 3.37. The minimum Gasteiger partial charge on any atom is -0.465 e. The maximum Gasteiger partial charge on any atom is 0.392 e. The van der Waals surface area contributed by atoms with Gasteiger partial charge in [-0.25, -0.2) is 14.6 Å². The molecular weight excluding hydrogens is 326 g/mol. The average molecular weight is 350 g/mol. The molecule has 136 valence electrons. The minimum atomic E-state index is -0.686. The highest BCUT2D eigenvalue weighted by Crippen LogP contribution is 2.23. The molecule has 9 nitrogen and oxygen atoms in total. The predicted molar refractivity (Wildman–Crippen MR) is 89.3 cm³/mol. The molecule has 2 fully saturated rings. The third-order valence-electron chi connectivity index (χ3n) is 4.75. The van der Waals surface area contributed by atoms with Crippen molar-refractivity contribution in [3.8, 4) is 0 Å². The number of aliphatic imine (C=N–C) groups is 1. The van der Waals surface area contributed by atoms with Crippen molar-refractivity contribution in [3.05, 3.63) is 0 Å². The lowest BCUT2D eigenvalue weighted by molar-refractivity contribution is -0.542. The van der Waals surface area contributed by atoms with E-state index in [-0.39, 0.29) is 13.2 Å². The van der Waals surface area contributed by atoms with Gasteiger partial charge in [0.15, 0.2) is 0 Å². The summed E-state index contributed by atoms with van der Waals surface area (Å²) in [4.78, 5) is 45.8. The van der Waals surface area contributed by atoms with Gasteiger partial charge in [-0.15, -0.1) is 0 Å². The van der Waals surface area contributed by atoms with Gasteiger partial charge in [-0.2, -0.15) is 0 Å². The molecule has 3 heterocycles. The molecule has 0 spiro atoms. The lowest BCUT2D eigenvalue weighted by atomic mass is 10.1. The third kappa shape index (κ3) is 2.98. The zero-order valence-electron chi connectivity index (χ0n) is 14.9. The number of nitrogens with zero attached hydrogens (tertiary/aromatic N) is 5. The fourth-order valence-corrected chi connectivity index (χ4v) is 3.46. The van der Waals surface area contributed by atoms with E-state index in [0.717, 1.165) is 30.8 Å². The van der Waals surface area contributed by atoms with Gasteiger partial charge < -0.3 is 4.74 Å². The van der Waals surface area contributed by atoms with Gasteiger partial charge in [0.2, 0.25) is 11.9 Å². The number of likely N-dealkylation sites (N-methyl/N-ethyl adjacent to an activating group) is 2. The maximum absolute atomic E-state index is 12.9. The van der Waals surface area contributed by atoms with Crippen LogP contribution in [0.15, 0.2) is 4.99 Å². The number of amidine groups is 1. The van der Waals surface area contributed by atoms with Gasteiger partial charge in [-0.1, -0.05) is 4.99 Å². The van der Waals surface area contributed by atoms with Crippen molar-refractivity contribution in [2.45, 2.75) is 32.2 Å². The molecule has 9 heteroatoms. The van der Waals surface area contributed by atoms with Crippen LogP contribution >= 0.6 is 0 Å². The first-order valence-electron chi connectivity index (χ1n) is 8.63. The van der Waals surface area contributed by atoms with Crippen LogP contribution in [-0.4, -0.2) is 95.4 Å². The normalized spacial score (nSPS) is 23.9. The van der Waals surface area contributed by atoms with E-state index < -0.39 is 23.9 Å². The van der Waals surface area contributed by atoms with Crippen LogP contribution in [0.2, 0.25) is 0 Å². The zero-order chi connectivity index (χ0) is 18.1. The van der Waals surface area contributed by atoms with Gasteiger partial charge >= 0.3 is 18.0 Å². The number of piperidine rings is 1. The van der Waals surface area contributed by atoms with Gasteiger partial charge in [0.1, 0.15) is 6.54 Å². The first kappa shape index (κ1) is 17.4. The number of esters is 1. The summed E-state index contributed by atoms with van der Waals surface area (Å²) >= 11 is 0. The highest BCUT2D eigenvalue weighted by molar-refractivity contribution is 6.25. The van der Waals surface area contributed by atoms with Crippen molar-refractivity contribution in [1.29, 1.82) is 0 Å². The van der Waals surface area contributed by atoms with Crippen molar-refractivity contribution in [3.63, 3.8) is 0 Å². The second-order valence-electron chi connectivity index (χ2n) is 6.40. The number of hydrogen-bond acceptors (Lipinski definition) is 4. The van der Waals surface area contributed by atoms with E-state index >= 15 is 0 Å². The van der Waals surface area contributed by atoms with Crippen molar-refractivity contribution in [2.75, 3.05) is 40.3 Å². The number of ether oxygens (including phenoxy) is 1. The molecular formula is C16H24N5O4+. The third-order valence-corrected chi connectivity index (χ3v) is 4.75. The quantitative estimate of drug-likeness (QED) is 0.516. The standard InChI is InChI=1S/C16H24N5O4/c1-4-25-11(22)10-21-14(23)12-13(19(3)16(21)24)17-15(18(12)2)20-8-6-5-7-9-20/h12H,4-10H2,1-3H3/q+1. The Kier molecular flexibility index (Phi) is 4.73. The number of amides is 3. The summed E-state index contributed by atoms with van der Waals surface area (Å²) in [6.45, 7) is 3.28. The number of guanidine groups is 1. The fraction of sp³-hybridized carbons (Fsp3) is 0.688. The molecule has 3 amide bonds. The van der Waals surface area contributed by atoms with Gasteiger partial charge in [0.05, 0.1) is 26.7 Å². The van der Waals surface area contributed by atoms with E-state index in [1.807, 2.05) is 0 Å². The Morgan fingerprint density at radius 2 is 1.92 bits per heavy atom. The molecule has 0 aromatic carbocycles. The number of carbonyl (C=O) groups excluding carboxylic acids is 3. The molecule has 0 aromatic rings. The maximum atomic E-state index is 12.9. The molecule has 1 atom stereocenters. The number of hydrogen-bond donors (Lipinski definition) is 0. The van der Waals surface area contributed by atoms with Gasteiger partial charge in [-0.05, 0) is 26.2 Å². The molecule has 0 N–H and O–H groups in total. The van der Waals surface area contributed by atoms with E-state index in [9.17, 15) is 14.4 Å². The molecule has 0 saturated carbocycles. The number of rotatable bonds is 3. The second kappa shape index (κ2) is 6.81. The van der Waals surface area contributed by atoms with Crippen molar-refractivity contribution < 1.29 is 23.7 Å². The van der Waals surface area contributed by atoms with Crippen LogP contribution in [-0.2, 0) is 14.3 Å². The molecule has 3 aliphatic rings. The molecule has 0 aromatic heterocycles. The van der Waals surface area contributed by atoms with Crippen molar-refractivity contribution in [2.24, 2.45) is 4.99 Å². The van der Waals surface area contributed by atoms with Crippen LogP contribution in [0.1, 0.15) is 26.2 Å². The molecule has 3 rings (SSSR count). The van der Waals surface area contributed by atoms with E-state index in [1.54, 1.807) is 25.9 Å². The Morgan fingerprint density at radius 1 is 1.24 bits per heavy atom.